The minimum atomic E-state index is -0.632. The second kappa shape index (κ2) is 6.58. The summed E-state index contributed by atoms with van der Waals surface area (Å²) in [5.41, 5.74) is 2.86. The first kappa shape index (κ1) is 18.2. The van der Waals surface area contributed by atoms with Crippen LogP contribution in [-0.2, 0) is 13.6 Å². The van der Waals surface area contributed by atoms with Crippen molar-refractivity contribution in [3.05, 3.63) is 76.2 Å². The van der Waals surface area contributed by atoms with Crippen molar-refractivity contribution in [3.63, 3.8) is 0 Å². The van der Waals surface area contributed by atoms with Crippen molar-refractivity contribution >= 4 is 22.2 Å². The zero-order valence-corrected chi connectivity index (χ0v) is 16.1. The molecular weight excluding hydrogens is 390 g/mol. The van der Waals surface area contributed by atoms with Crippen LogP contribution >= 0.6 is 0 Å². The van der Waals surface area contributed by atoms with Crippen LogP contribution < -0.4 is 5.56 Å². The van der Waals surface area contributed by atoms with Gasteiger partial charge in [-0.2, -0.15) is 0 Å². The highest BCUT2D eigenvalue weighted by Gasteiger charge is 2.16. The van der Waals surface area contributed by atoms with E-state index in [9.17, 15) is 13.6 Å². The maximum atomic E-state index is 14.2. The standard InChI is InChI=1S/C21H16F2N6O/c1-11-26-19-20(29(11)9-12-3-4-13(22)7-16(12)23)27-17(8-25-19)15-10-28(2)21(30)18-14(15)5-6-24-18/h3-8,10,24H,9H2,1-2H3. The van der Waals surface area contributed by atoms with Crippen LogP contribution in [0.1, 0.15) is 11.4 Å². The molecule has 7 nitrogen and oxygen atoms in total. The largest absolute Gasteiger partial charge is 0.357 e. The second-order valence-electron chi connectivity index (χ2n) is 7.11. The van der Waals surface area contributed by atoms with Gasteiger partial charge in [-0.25, -0.2) is 23.7 Å². The van der Waals surface area contributed by atoms with Crippen LogP contribution in [0.4, 0.5) is 8.78 Å². The summed E-state index contributed by atoms with van der Waals surface area (Å²) in [6.07, 6.45) is 5.01. The quantitative estimate of drug-likeness (QED) is 0.498. The summed E-state index contributed by atoms with van der Waals surface area (Å²) in [5.74, 6) is -0.652. The lowest BCUT2D eigenvalue weighted by molar-refractivity contribution is 0.566. The summed E-state index contributed by atoms with van der Waals surface area (Å²) in [7, 11) is 1.67. The molecule has 1 N–H and O–H groups in total. The molecule has 0 atom stereocenters. The molecule has 0 saturated carbocycles. The third kappa shape index (κ3) is 2.78. The van der Waals surface area contributed by atoms with Crippen molar-refractivity contribution in [1.29, 1.82) is 0 Å². The number of halogens is 2. The predicted octanol–water partition coefficient (Wildman–Crippen LogP) is 3.31. The number of benzene rings is 1. The van der Waals surface area contributed by atoms with Crippen molar-refractivity contribution in [3.8, 4) is 11.3 Å². The number of imidazole rings is 1. The van der Waals surface area contributed by atoms with E-state index < -0.39 is 11.6 Å². The van der Waals surface area contributed by atoms with Gasteiger partial charge in [0.1, 0.15) is 23.0 Å². The lowest BCUT2D eigenvalue weighted by Gasteiger charge is -2.09. The molecule has 0 bridgehead atoms. The molecule has 30 heavy (non-hydrogen) atoms. The van der Waals surface area contributed by atoms with Crippen LogP contribution in [0.25, 0.3) is 33.5 Å². The molecule has 0 spiro atoms. The molecule has 9 heteroatoms. The number of hydrogen-bond donors (Lipinski definition) is 1. The Morgan fingerprint density at radius 2 is 2.00 bits per heavy atom. The summed E-state index contributed by atoms with van der Waals surface area (Å²) in [6.45, 7) is 1.92. The van der Waals surface area contributed by atoms with Gasteiger partial charge >= 0.3 is 0 Å². The molecule has 0 aliphatic heterocycles. The summed E-state index contributed by atoms with van der Waals surface area (Å²) in [4.78, 5) is 28.8. The molecule has 5 aromatic rings. The van der Waals surface area contributed by atoms with E-state index >= 15 is 0 Å². The van der Waals surface area contributed by atoms with Crippen molar-refractivity contribution in [1.82, 2.24) is 29.1 Å². The Morgan fingerprint density at radius 1 is 1.17 bits per heavy atom. The van der Waals surface area contributed by atoms with Crippen LogP contribution in [0.3, 0.4) is 0 Å². The zero-order chi connectivity index (χ0) is 21.0. The number of H-pyrrole nitrogens is 1. The lowest BCUT2D eigenvalue weighted by Crippen LogP contribution is -2.16. The van der Waals surface area contributed by atoms with Gasteiger partial charge in [-0.15, -0.1) is 0 Å². The normalized spacial score (nSPS) is 11.6. The van der Waals surface area contributed by atoms with Gasteiger partial charge in [-0.3, -0.25) is 4.79 Å². The Morgan fingerprint density at radius 3 is 2.80 bits per heavy atom. The number of hydrogen-bond acceptors (Lipinski definition) is 4. The molecule has 0 aliphatic rings. The molecule has 5 rings (SSSR count). The molecule has 0 radical (unpaired) electrons. The van der Waals surface area contributed by atoms with E-state index in [4.69, 9.17) is 4.98 Å². The maximum absolute atomic E-state index is 14.2. The van der Waals surface area contributed by atoms with E-state index in [1.807, 2.05) is 6.07 Å². The Labute approximate surface area is 168 Å². The van der Waals surface area contributed by atoms with Crippen LogP contribution in [0, 0.1) is 18.6 Å². The molecule has 0 amide bonds. The first-order valence-electron chi connectivity index (χ1n) is 9.23. The van der Waals surface area contributed by atoms with Crippen molar-refractivity contribution < 1.29 is 8.78 Å². The van der Waals surface area contributed by atoms with Crippen LogP contribution in [0.5, 0.6) is 0 Å². The number of rotatable bonds is 3. The molecule has 4 aromatic heterocycles. The van der Waals surface area contributed by atoms with Crippen molar-refractivity contribution in [2.45, 2.75) is 13.5 Å². The summed E-state index contributed by atoms with van der Waals surface area (Å²) < 4.78 is 30.7. The average Bonchev–Trinajstić information content (AvgIpc) is 3.32. The fraction of sp³-hybridized carbons (Fsp3) is 0.143. The Bertz CT molecular complexity index is 1500. The van der Waals surface area contributed by atoms with Gasteiger partial charge in [0, 0.05) is 42.0 Å². The van der Waals surface area contributed by atoms with Gasteiger partial charge in [0.2, 0.25) is 0 Å². The number of aromatic nitrogens is 6. The van der Waals surface area contributed by atoms with Gasteiger partial charge in [-0.1, -0.05) is 6.07 Å². The molecule has 0 aliphatic carbocycles. The number of nitrogens with zero attached hydrogens (tertiary/aromatic N) is 5. The number of fused-ring (bicyclic) bond motifs is 2. The molecule has 0 saturated heterocycles. The monoisotopic (exact) mass is 406 g/mol. The van der Waals surface area contributed by atoms with Crippen molar-refractivity contribution in [2.24, 2.45) is 7.05 Å². The van der Waals surface area contributed by atoms with Crippen LogP contribution in [0.15, 0.2) is 47.7 Å². The van der Waals surface area contributed by atoms with Gasteiger partial charge < -0.3 is 14.1 Å². The van der Waals surface area contributed by atoms with E-state index in [0.29, 0.717) is 33.9 Å². The van der Waals surface area contributed by atoms with E-state index in [0.717, 1.165) is 17.0 Å². The summed E-state index contributed by atoms with van der Waals surface area (Å²) in [6, 6.07) is 5.29. The summed E-state index contributed by atoms with van der Waals surface area (Å²) in [5, 5.41) is 0.735. The fourth-order valence-corrected chi connectivity index (χ4v) is 3.61. The van der Waals surface area contributed by atoms with Gasteiger partial charge in [0.05, 0.1) is 18.4 Å². The highest BCUT2D eigenvalue weighted by Crippen LogP contribution is 2.26. The third-order valence-corrected chi connectivity index (χ3v) is 5.16. The molecule has 1 aromatic carbocycles. The number of pyridine rings is 1. The minimum absolute atomic E-state index is 0.138. The first-order chi connectivity index (χ1) is 14.4. The Balaban J connectivity index is 1.68. The molecule has 0 unspecified atom stereocenters. The lowest BCUT2D eigenvalue weighted by atomic mass is 10.1. The number of aromatic amines is 1. The maximum Gasteiger partial charge on any atom is 0.274 e. The van der Waals surface area contributed by atoms with Crippen molar-refractivity contribution in [2.75, 3.05) is 0 Å². The van der Waals surface area contributed by atoms with E-state index in [2.05, 4.69) is 15.0 Å². The molecular formula is C21H16F2N6O. The van der Waals surface area contributed by atoms with Crippen LogP contribution in [-0.4, -0.2) is 29.1 Å². The second-order valence-corrected chi connectivity index (χ2v) is 7.11. The molecule has 4 heterocycles. The fourth-order valence-electron chi connectivity index (χ4n) is 3.61. The Hall–Kier alpha value is -3.88. The number of aryl methyl sites for hydroxylation is 2. The molecule has 0 fully saturated rings. The first-order valence-corrected chi connectivity index (χ1v) is 9.23. The summed E-state index contributed by atoms with van der Waals surface area (Å²) >= 11 is 0. The van der Waals surface area contributed by atoms with E-state index in [1.54, 1.807) is 37.1 Å². The topological polar surface area (TPSA) is 81.4 Å². The highest BCUT2D eigenvalue weighted by molar-refractivity contribution is 5.93. The SMILES string of the molecule is Cc1nc2ncc(-c3cn(C)c(=O)c4[nH]ccc34)nc2n1Cc1ccc(F)cc1F. The van der Waals surface area contributed by atoms with E-state index in [-0.39, 0.29) is 12.1 Å². The average molecular weight is 406 g/mol. The highest BCUT2D eigenvalue weighted by atomic mass is 19.1. The minimum Gasteiger partial charge on any atom is -0.357 e. The Kier molecular flexibility index (Phi) is 3.99. The molecule has 150 valence electrons. The van der Waals surface area contributed by atoms with Gasteiger partial charge in [-0.05, 0) is 19.1 Å². The van der Waals surface area contributed by atoms with E-state index in [1.165, 1.54) is 16.7 Å². The third-order valence-electron chi connectivity index (χ3n) is 5.16. The predicted molar refractivity (Wildman–Crippen MR) is 108 cm³/mol. The van der Waals surface area contributed by atoms with Gasteiger partial charge in [0.15, 0.2) is 11.3 Å². The zero-order valence-electron chi connectivity index (χ0n) is 16.1. The van der Waals surface area contributed by atoms with Gasteiger partial charge in [0.25, 0.3) is 5.56 Å². The number of nitrogens with one attached hydrogen (secondary N) is 1. The van der Waals surface area contributed by atoms with Crippen LogP contribution in [0.2, 0.25) is 0 Å². The smallest absolute Gasteiger partial charge is 0.274 e.